The second-order valence-corrected chi connectivity index (χ2v) is 6.01. The summed E-state index contributed by atoms with van der Waals surface area (Å²) in [5.41, 5.74) is 2.49. The van der Waals surface area contributed by atoms with Crippen molar-refractivity contribution in [2.24, 2.45) is 0 Å². The summed E-state index contributed by atoms with van der Waals surface area (Å²) in [6.07, 6.45) is 3.22. The maximum atomic E-state index is 12.4. The van der Waals surface area contributed by atoms with Crippen molar-refractivity contribution in [2.75, 3.05) is 0 Å². The third-order valence-corrected chi connectivity index (χ3v) is 4.45. The number of carbonyl (C=O) groups is 4. The first-order chi connectivity index (χ1) is 12.1. The van der Waals surface area contributed by atoms with E-state index in [1.54, 1.807) is 60.7 Å². The number of ketones is 4. The van der Waals surface area contributed by atoms with E-state index in [2.05, 4.69) is 0 Å². The lowest BCUT2D eigenvalue weighted by atomic mass is 9.83. The zero-order valence-electron chi connectivity index (χ0n) is 13.1. The molecule has 0 aromatic heterocycles. The second kappa shape index (κ2) is 5.60. The Morgan fingerprint density at radius 3 is 1.36 bits per heavy atom. The standard InChI is InChI=1S/C21H12O4/c22-18-14(9-12-5-1-3-7-16(12)20(18)24)11-15-10-13-6-2-4-8-17(13)21(25)19(15)23/h1-10H,11H2. The molecule has 25 heavy (non-hydrogen) atoms. The van der Waals surface area contributed by atoms with Crippen molar-refractivity contribution >= 4 is 35.3 Å². The monoisotopic (exact) mass is 328 g/mol. The van der Waals surface area contributed by atoms with Crippen LogP contribution in [0.4, 0.5) is 0 Å². The predicted molar refractivity (Wildman–Crippen MR) is 92.1 cm³/mol. The highest BCUT2D eigenvalue weighted by Gasteiger charge is 2.32. The minimum atomic E-state index is -0.626. The summed E-state index contributed by atoms with van der Waals surface area (Å²) in [5, 5.41) is 0. The molecular weight excluding hydrogens is 316 g/mol. The van der Waals surface area contributed by atoms with Crippen LogP contribution in [0.15, 0.2) is 59.7 Å². The summed E-state index contributed by atoms with van der Waals surface area (Å²) >= 11 is 0. The van der Waals surface area contributed by atoms with Gasteiger partial charge in [0, 0.05) is 28.7 Å². The normalized spacial score (nSPS) is 16.2. The maximum absolute atomic E-state index is 12.4. The molecule has 0 fully saturated rings. The van der Waals surface area contributed by atoms with Crippen LogP contribution in [0.25, 0.3) is 12.2 Å². The Kier molecular flexibility index (Phi) is 3.39. The molecule has 4 heteroatoms. The van der Waals surface area contributed by atoms with Crippen LogP contribution in [0.1, 0.15) is 38.3 Å². The molecule has 0 saturated heterocycles. The zero-order valence-corrected chi connectivity index (χ0v) is 13.1. The van der Waals surface area contributed by atoms with Gasteiger partial charge in [0.1, 0.15) is 0 Å². The summed E-state index contributed by atoms with van der Waals surface area (Å²) in [7, 11) is 0. The first kappa shape index (κ1) is 15.1. The molecule has 0 unspecified atom stereocenters. The van der Waals surface area contributed by atoms with Crippen LogP contribution in [-0.2, 0) is 9.59 Å². The Balaban J connectivity index is 1.76. The summed E-state index contributed by atoms with van der Waals surface area (Å²) < 4.78 is 0. The molecule has 0 aliphatic heterocycles. The third-order valence-electron chi connectivity index (χ3n) is 4.45. The van der Waals surface area contributed by atoms with Crippen LogP contribution in [0, 0.1) is 0 Å². The molecular formula is C21H12O4. The molecule has 0 spiro atoms. The van der Waals surface area contributed by atoms with Gasteiger partial charge in [-0.15, -0.1) is 0 Å². The second-order valence-electron chi connectivity index (χ2n) is 6.01. The van der Waals surface area contributed by atoms with Crippen LogP contribution >= 0.6 is 0 Å². The summed E-state index contributed by atoms with van der Waals surface area (Å²) in [6, 6.07) is 13.7. The highest BCUT2D eigenvalue weighted by atomic mass is 16.2. The molecule has 0 atom stereocenters. The summed E-state index contributed by atoms with van der Waals surface area (Å²) in [5.74, 6) is -2.41. The molecule has 120 valence electrons. The van der Waals surface area contributed by atoms with E-state index in [9.17, 15) is 19.2 Å². The number of allylic oxidation sites excluding steroid dienone is 2. The average molecular weight is 328 g/mol. The van der Waals surface area contributed by atoms with Crippen molar-refractivity contribution in [1.29, 1.82) is 0 Å². The fourth-order valence-corrected chi connectivity index (χ4v) is 3.17. The Labute approximate surface area is 143 Å². The van der Waals surface area contributed by atoms with Gasteiger partial charge in [0.05, 0.1) is 0 Å². The first-order valence-electron chi connectivity index (χ1n) is 7.83. The SMILES string of the molecule is O=C1C(=O)c2ccccc2C=C1CC1=Cc2ccccc2C(=O)C1=O. The van der Waals surface area contributed by atoms with Gasteiger partial charge >= 0.3 is 0 Å². The minimum absolute atomic E-state index is 0.0299. The molecule has 4 rings (SSSR count). The molecule has 0 N–H and O–H groups in total. The molecule has 2 aromatic rings. The van der Waals surface area contributed by atoms with Gasteiger partial charge < -0.3 is 0 Å². The van der Waals surface area contributed by atoms with E-state index < -0.39 is 23.1 Å². The summed E-state index contributed by atoms with van der Waals surface area (Å²) in [6.45, 7) is 0. The van der Waals surface area contributed by atoms with Crippen LogP contribution in [0.2, 0.25) is 0 Å². The number of fused-ring (bicyclic) bond motifs is 2. The van der Waals surface area contributed by atoms with E-state index in [0.29, 0.717) is 22.3 Å². The lowest BCUT2D eigenvalue weighted by molar-refractivity contribution is -0.112. The van der Waals surface area contributed by atoms with Gasteiger partial charge in [-0.1, -0.05) is 48.5 Å². The number of hydrogen-bond donors (Lipinski definition) is 0. The Morgan fingerprint density at radius 1 is 0.520 bits per heavy atom. The van der Waals surface area contributed by atoms with E-state index in [-0.39, 0.29) is 17.6 Å². The molecule has 0 amide bonds. The highest BCUT2D eigenvalue weighted by molar-refractivity contribution is 6.54. The molecule has 2 aromatic carbocycles. The van der Waals surface area contributed by atoms with Crippen LogP contribution in [0.3, 0.4) is 0 Å². The van der Waals surface area contributed by atoms with Crippen molar-refractivity contribution in [2.45, 2.75) is 6.42 Å². The predicted octanol–water partition coefficient (Wildman–Crippen LogP) is 3.07. The van der Waals surface area contributed by atoms with Crippen molar-refractivity contribution in [1.82, 2.24) is 0 Å². The van der Waals surface area contributed by atoms with E-state index >= 15 is 0 Å². The largest absolute Gasteiger partial charge is 0.285 e. The summed E-state index contributed by atoms with van der Waals surface area (Å²) in [4.78, 5) is 49.2. The van der Waals surface area contributed by atoms with E-state index in [4.69, 9.17) is 0 Å². The number of Topliss-reactive ketones (excluding diaryl/α,β-unsaturated/α-hetero) is 4. The zero-order chi connectivity index (χ0) is 17.6. The molecule has 4 nitrogen and oxygen atoms in total. The van der Waals surface area contributed by atoms with Gasteiger partial charge in [-0.3, -0.25) is 19.2 Å². The fraction of sp³-hybridized carbons (Fsp3) is 0.0476. The maximum Gasteiger partial charge on any atom is 0.233 e. The Bertz CT molecular complexity index is 954. The van der Waals surface area contributed by atoms with E-state index in [0.717, 1.165) is 0 Å². The molecule has 0 heterocycles. The fourth-order valence-electron chi connectivity index (χ4n) is 3.17. The lowest BCUT2D eigenvalue weighted by Gasteiger charge is -2.18. The highest BCUT2D eigenvalue weighted by Crippen LogP contribution is 2.29. The average Bonchev–Trinajstić information content (AvgIpc) is 2.63. The molecule has 0 bridgehead atoms. The number of benzene rings is 2. The molecule has 2 aliphatic carbocycles. The van der Waals surface area contributed by atoms with Crippen molar-refractivity contribution in [3.63, 3.8) is 0 Å². The van der Waals surface area contributed by atoms with E-state index in [1.807, 2.05) is 0 Å². The lowest BCUT2D eigenvalue weighted by Crippen LogP contribution is -2.25. The van der Waals surface area contributed by atoms with Gasteiger partial charge in [-0.25, -0.2) is 0 Å². The topological polar surface area (TPSA) is 68.3 Å². The smallest absolute Gasteiger partial charge is 0.233 e. The Hall–Kier alpha value is -3.40. The van der Waals surface area contributed by atoms with Gasteiger partial charge in [0.15, 0.2) is 0 Å². The molecule has 0 saturated carbocycles. The van der Waals surface area contributed by atoms with Gasteiger partial charge in [-0.2, -0.15) is 0 Å². The van der Waals surface area contributed by atoms with Gasteiger partial charge in [0.25, 0.3) is 0 Å². The third kappa shape index (κ3) is 2.39. The number of rotatable bonds is 2. The quantitative estimate of drug-likeness (QED) is 0.795. The van der Waals surface area contributed by atoms with Crippen LogP contribution in [-0.4, -0.2) is 23.1 Å². The van der Waals surface area contributed by atoms with Crippen molar-refractivity contribution in [3.8, 4) is 0 Å². The first-order valence-corrected chi connectivity index (χ1v) is 7.83. The van der Waals surface area contributed by atoms with Gasteiger partial charge in [-0.05, 0) is 23.3 Å². The van der Waals surface area contributed by atoms with Crippen LogP contribution in [0.5, 0.6) is 0 Å². The van der Waals surface area contributed by atoms with Gasteiger partial charge in [0.2, 0.25) is 23.1 Å². The van der Waals surface area contributed by atoms with Crippen molar-refractivity contribution < 1.29 is 19.2 Å². The minimum Gasteiger partial charge on any atom is -0.285 e. The van der Waals surface area contributed by atoms with Crippen LogP contribution < -0.4 is 0 Å². The Morgan fingerprint density at radius 2 is 0.920 bits per heavy atom. The van der Waals surface area contributed by atoms with Crippen molar-refractivity contribution in [3.05, 3.63) is 81.9 Å². The number of hydrogen-bond acceptors (Lipinski definition) is 4. The molecule has 2 aliphatic rings. The van der Waals surface area contributed by atoms with E-state index in [1.165, 1.54) is 0 Å². The number of carbonyl (C=O) groups excluding carboxylic acids is 4. The molecule has 0 radical (unpaired) electrons.